The van der Waals surface area contributed by atoms with Crippen molar-refractivity contribution in [2.45, 2.75) is 30.9 Å². The van der Waals surface area contributed by atoms with Crippen LogP contribution >= 0.6 is 0 Å². The summed E-state index contributed by atoms with van der Waals surface area (Å²) < 4.78 is 31.5. The molecule has 138 valence electrons. The van der Waals surface area contributed by atoms with Crippen molar-refractivity contribution in [2.75, 3.05) is 11.9 Å². The van der Waals surface area contributed by atoms with Gasteiger partial charge in [0.05, 0.1) is 0 Å². The molecule has 1 atom stereocenters. The van der Waals surface area contributed by atoms with Crippen LogP contribution in [0, 0.1) is 6.92 Å². The van der Waals surface area contributed by atoms with Gasteiger partial charge in [-0.3, -0.25) is 4.79 Å². The van der Waals surface area contributed by atoms with Crippen molar-refractivity contribution in [1.29, 1.82) is 0 Å². The lowest BCUT2D eigenvalue weighted by Crippen LogP contribution is -2.43. The van der Waals surface area contributed by atoms with E-state index in [4.69, 9.17) is 9.52 Å². The summed E-state index contributed by atoms with van der Waals surface area (Å²) in [6.07, 6.45) is 0.904. The molecule has 0 aliphatic carbocycles. The molecule has 1 aromatic carbocycles. The zero-order valence-electron chi connectivity index (χ0n) is 14.0. The lowest BCUT2D eigenvalue weighted by molar-refractivity contribution is -0.119. The fourth-order valence-electron chi connectivity index (χ4n) is 2.93. The number of furan rings is 1. The second kappa shape index (κ2) is 6.93. The maximum Gasteiger partial charge on any atom is 0.371 e. The first-order valence-corrected chi connectivity index (χ1v) is 9.45. The van der Waals surface area contributed by atoms with Crippen LogP contribution < -0.4 is 5.32 Å². The van der Waals surface area contributed by atoms with Gasteiger partial charge in [0.15, 0.2) is 0 Å². The Labute approximate surface area is 150 Å². The van der Waals surface area contributed by atoms with E-state index in [-0.39, 0.29) is 6.54 Å². The zero-order chi connectivity index (χ0) is 18.9. The van der Waals surface area contributed by atoms with E-state index in [1.54, 1.807) is 18.2 Å². The maximum absolute atomic E-state index is 12.8. The number of sulfonamides is 1. The number of anilines is 1. The number of aryl methyl sites for hydroxylation is 1. The maximum atomic E-state index is 12.8. The number of hydrogen-bond donors (Lipinski definition) is 2. The van der Waals surface area contributed by atoms with E-state index < -0.39 is 38.8 Å². The number of carbonyl (C=O) groups excluding carboxylic acids is 1. The molecule has 0 radical (unpaired) electrons. The SMILES string of the molecule is Cc1cccc(NC(=O)C2CCCN2S(=O)(=O)c2ccc(C(=O)O)o2)c1. The Hall–Kier alpha value is -2.65. The minimum absolute atomic E-state index is 0.164. The fraction of sp³-hybridized carbons (Fsp3) is 0.294. The van der Waals surface area contributed by atoms with Gasteiger partial charge in [-0.2, -0.15) is 4.31 Å². The molecule has 2 N–H and O–H groups in total. The van der Waals surface area contributed by atoms with Crippen LogP contribution in [0.25, 0.3) is 0 Å². The molecule has 1 saturated heterocycles. The second-order valence-electron chi connectivity index (χ2n) is 6.06. The molecule has 1 aliphatic heterocycles. The van der Waals surface area contributed by atoms with Gasteiger partial charge in [0.25, 0.3) is 10.0 Å². The van der Waals surface area contributed by atoms with Gasteiger partial charge in [0, 0.05) is 12.2 Å². The van der Waals surface area contributed by atoms with Crippen LogP contribution in [0.15, 0.2) is 45.9 Å². The van der Waals surface area contributed by atoms with Crippen LogP contribution in [0.3, 0.4) is 0 Å². The number of carboxylic acid groups (broad SMARTS) is 1. The molecule has 1 aromatic heterocycles. The first-order valence-electron chi connectivity index (χ1n) is 8.01. The lowest BCUT2D eigenvalue weighted by atomic mass is 10.2. The highest BCUT2D eigenvalue weighted by molar-refractivity contribution is 7.89. The molecule has 26 heavy (non-hydrogen) atoms. The molecule has 0 bridgehead atoms. The fourth-order valence-corrected chi connectivity index (χ4v) is 4.50. The molecule has 9 heteroatoms. The number of nitrogens with zero attached hydrogens (tertiary/aromatic N) is 1. The monoisotopic (exact) mass is 378 g/mol. The quantitative estimate of drug-likeness (QED) is 0.823. The molecule has 2 aromatic rings. The number of aromatic carboxylic acids is 1. The van der Waals surface area contributed by atoms with Crippen molar-refractivity contribution < 1.29 is 27.5 Å². The van der Waals surface area contributed by atoms with Crippen molar-refractivity contribution in [3.63, 3.8) is 0 Å². The number of amides is 1. The summed E-state index contributed by atoms with van der Waals surface area (Å²) in [5.74, 6) is -2.26. The van der Waals surface area contributed by atoms with Gasteiger partial charge < -0.3 is 14.8 Å². The van der Waals surface area contributed by atoms with Crippen molar-refractivity contribution >= 4 is 27.6 Å². The number of rotatable bonds is 5. The van der Waals surface area contributed by atoms with Gasteiger partial charge in [-0.1, -0.05) is 12.1 Å². The van der Waals surface area contributed by atoms with E-state index in [2.05, 4.69) is 5.32 Å². The molecule has 2 heterocycles. The first kappa shape index (κ1) is 18.2. The smallest absolute Gasteiger partial charge is 0.371 e. The average Bonchev–Trinajstić information content (AvgIpc) is 3.25. The molecule has 3 rings (SSSR count). The Morgan fingerprint density at radius 3 is 2.69 bits per heavy atom. The minimum atomic E-state index is -4.10. The summed E-state index contributed by atoms with van der Waals surface area (Å²) in [5.41, 5.74) is 1.56. The third kappa shape index (κ3) is 3.49. The summed E-state index contributed by atoms with van der Waals surface area (Å²) in [7, 11) is -4.10. The molecule has 1 fully saturated rings. The second-order valence-corrected chi connectivity index (χ2v) is 7.88. The Bertz CT molecular complexity index is 950. The summed E-state index contributed by atoms with van der Waals surface area (Å²) in [6, 6.07) is 8.49. The van der Waals surface area contributed by atoms with E-state index in [0.29, 0.717) is 18.5 Å². The largest absolute Gasteiger partial charge is 0.475 e. The van der Waals surface area contributed by atoms with E-state index in [1.165, 1.54) is 0 Å². The molecule has 1 unspecified atom stereocenters. The predicted octanol–water partition coefficient (Wildman–Crippen LogP) is 2.08. The summed E-state index contributed by atoms with van der Waals surface area (Å²) in [6.45, 7) is 2.05. The third-order valence-electron chi connectivity index (χ3n) is 4.15. The average molecular weight is 378 g/mol. The molecular formula is C17H18N2O6S. The number of hydrogen-bond acceptors (Lipinski definition) is 5. The predicted molar refractivity (Wildman–Crippen MR) is 92.4 cm³/mol. The summed E-state index contributed by atoms with van der Waals surface area (Å²) in [5, 5.41) is 11.1. The first-order chi connectivity index (χ1) is 12.3. The van der Waals surface area contributed by atoms with Crippen LogP contribution in [-0.4, -0.2) is 42.3 Å². The van der Waals surface area contributed by atoms with Crippen molar-refractivity contribution in [3.05, 3.63) is 47.7 Å². The molecule has 1 amide bonds. The molecule has 0 spiro atoms. The van der Waals surface area contributed by atoms with Crippen LogP contribution in [0.2, 0.25) is 0 Å². The Morgan fingerprint density at radius 1 is 1.27 bits per heavy atom. The zero-order valence-corrected chi connectivity index (χ0v) is 14.8. The number of carboxylic acids is 1. The van der Waals surface area contributed by atoms with Crippen LogP contribution in [0.5, 0.6) is 0 Å². The van der Waals surface area contributed by atoms with E-state index in [0.717, 1.165) is 22.0 Å². The normalized spacial score (nSPS) is 18.0. The highest BCUT2D eigenvalue weighted by atomic mass is 32.2. The standard InChI is InChI=1S/C17H18N2O6S/c1-11-4-2-5-12(10-11)18-16(20)13-6-3-9-19(13)26(23,24)15-8-7-14(25-15)17(21)22/h2,4-5,7-8,10,13H,3,6,9H2,1H3,(H,18,20)(H,21,22). The lowest BCUT2D eigenvalue weighted by Gasteiger charge is -2.22. The van der Waals surface area contributed by atoms with E-state index in [1.807, 2.05) is 13.0 Å². The summed E-state index contributed by atoms with van der Waals surface area (Å²) >= 11 is 0. The highest BCUT2D eigenvalue weighted by Gasteiger charge is 2.41. The highest BCUT2D eigenvalue weighted by Crippen LogP contribution is 2.28. The Kier molecular flexibility index (Phi) is 4.84. The third-order valence-corrected chi connectivity index (χ3v) is 5.93. The van der Waals surface area contributed by atoms with Crippen molar-refractivity contribution in [2.24, 2.45) is 0 Å². The van der Waals surface area contributed by atoms with Crippen molar-refractivity contribution in [1.82, 2.24) is 4.31 Å². The van der Waals surface area contributed by atoms with Gasteiger partial charge in [0.1, 0.15) is 6.04 Å². The number of benzene rings is 1. The van der Waals surface area contributed by atoms with Gasteiger partial charge in [-0.05, 0) is 49.6 Å². The molecule has 8 nitrogen and oxygen atoms in total. The number of carbonyl (C=O) groups is 2. The molecule has 1 aliphatic rings. The van der Waals surface area contributed by atoms with Gasteiger partial charge in [-0.25, -0.2) is 13.2 Å². The van der Waals surface area contributed by atoms with Gasteiger partial charge in [0.2, 0.25) is 16.8 Å². The van der Waals surface area contributed by atoms with Crippen LogP contribution in [-0.2, 0) is 14.8 Å². The minimum Gasteiger partial charge on any atom is -0.475 e. The van der Waals surface area contributed by atoms with E-state index in [9.17, 15) is 18.0 Å². The van der Waals surface area contributed by atoms with Crippen LogP contribution in [0.1, 0.15) is 29.0 Å². The molecular weight excluding hydrogens is 360 g/mol. The topological polar surface area (TPSA) is 117 Å². The van der Waals surface area contributed by atoms with Crippen molar-refractivity contribution in [3.8, 4) is 0 Å². The van der Waals surface area contributed by atoms with Gasteiger partial charge >= 0.3 is 5.97 Å². The molecule has 0 saturated carbocycles. The van der Waals surface area contributed by atoms with E-state index >= 15 is 0 Å². The Balaban J connectivity index is 1.82. The number of nitrogens with one attached hydrogen (secondary N) is 1. The summed E-state index contributed by atoms with van der Waals surface area (Å²) in [4.78, 5) is 23.5. The van der Waals surface area contributed by atoms with Gasteiger partial charge in [-0.15, -0.1) is 0 Å². The Morgan fingerprint density at radius 2 is 2.04 bits per heavy atom. The van der Waals surface area contributed by atoms with Crippen LogP contribution in [0.4, 0.5) is 5.69 Å².